The predicted octanol–water partition coefficient (Wildman–Crippen LogP) is 3.15. The first kappa shape index (κ1) is 16.8. The van der Waals surface area contributed by atoms with Crippen LogP contribution >= 0.6 is 11.6 Å². The van der Waals surface area contributed by atoms with Crippen LogP contribution in [0, 0.1) is 0 Å². The fourth-order valence-electron chi connectivity index (χ4n) is 3.19. The van der Waals surface area contributed by atoms with Crippen molar-refractivity contribution in [1.82, 2.24) is 9.80 Å². The van der Waals surface area contributed by atoms with Crippen LogP contribution in [0.3, 0.4) is 0 Å². The van der Waals surface area contributed by atoms with Crippen LogP contribution in [0.2, 0.25) is 5.02 Å². The Balaban J connectivity index is 2.09. The lowest BCUT2D eigenvalue weighted by Gasteiger charge is -2.41. The van der Waals surface area contributed by atoms with E-state index in [9.17, 15) is 0 Å². The van der Waals surface area contributed by atoms with E-state index < -0.39 is 0 Å². The summed E-state index contributed by atoms with van der Waals surface area (Å²) in [6.45, 7) is 10.1. The molecule has 2 atom stereocenters. The molecule has 1 aromatic carbocycles. The van der Waals surface area contributed by atoms with E-state index in [-0.39, 0.29) is 6.04 Å². The maximum absolute atomic E-state index is 6.42. The Hall–Kier alpha value is -0.610. The molecule has 1 aliphatic rings. The monoisotopic (exact) mass is 309 g/mol. The summed E-state index contributed by atoms with van der Waals surface area (Å²) in [7, 11) is 0. The number of nitrogens with two attached hydrogens (primary N) is 1. The van der Waals surface area contributed by atoms with Crippen LogP contribution in [0.15, 0.2) is 24.3 Å². The number of rotatable bonds is 6. The third-order valence-electron chi connectivity index (χ3n) is 4.43. The van der Waals surface area contributed by atoms with Crippen molar-refractivity contribution >= 4 is 11.6 Å². The van der Waals surface area contributed by atoms with E-state index in [1.54, 1.807) is 0 Å². The first-order valence-corrected chi connectivity index (χ1v) is 8.51. The van der Waals surface area contributed by atoms with E-state index >= 15 is 0 Å². The molecule has 2 unspecified atom stereocenters. The van der Waals surface area contributed by atoms with E-state index in [0.29, 0.717) is 6.04 Å². The fourth-order valence-corrected chi connectivity index (χ4v) is 3.32. The van der Waals surface area contributed by atoms with Crippen LogP contribution in [0.4, 0.5) is 0 Å². The van der Waals surface area contributed by atoms with Gasteiger partial charge >= 0.3 is 0 Å². The number of hydrogen-bond acceptors (Lipinski definition) is 3. The van der Waals surface area contributed by atoms with Gasteiger partial charge in [0.15, 0.2) is 0 Å². The molecule has 0 amide bonds. The molecule has 0 aliphatic carbocycles. The van der Waals surface area contributed by atoms with Crippen molar-refractivity contribution in [3.63, 3.8) is 0 Å². The average Bonchev–Trinajstić information content (AvgIpc) is 2.51. The summed E-state index contributed by atoms with van der Waals surface area (Å²) in [6, 6.07) is 8.67. The number of halogens is 1. The van der Waals surface area contributed by atoms with Crippen molar-refractivity contribution < 1.29 is 0 Å². The highest BCUT2D eigenvalue weighted by atomic mass is 35.5. The Labute approximate surface area is 134 Å². The second-order valence-electron chi connectivity index (χ2n) is 5.95. The lowest BCUT2D eigenvalue weighted by molar-refractivity contribution is 0.0836. The van der Waals surface area contributed by atoms with Crippen molar-refractivity contribution in [1.29, 1.82) is 0 Å². The largest absolute Gasteiger partial charge is 0.326 e. The maximum Gasteiger partial charge on any atom is 0.0500 e. The fraction of sp³-hybridized carbons (Fsp3) is 0.647. The third kappa shape index (κ3) is 4.43. The van der Waals surface area contributed by atoms with Crippen molar-refractivity contribution in [2.24, 2.45) is 5.73 Å². The molecule has 1 fully saturated rings. The molecular weight excluding hydrogens is 282 g/mol. The van der Waals surface area contributed by atoms with E-state index in [1.807, 2.05) is 12.1 Å². The second-order valence-corrected chi connectivity index (χ2v) is 6.38. The second kappa shape index (κ2) is 8.14. The molecule has 0 bridgehead atoms. The molecule has 0 aromatic heterocycles. The highest BCUT2D eigenvalue weighted by Gasteiger charge is 2.28. The Morgan fingerprint density at radius 2 is 1.71 bits per heavy atom. The van der Waals surface area contributed by atoms with Gasteiger partial charge < -0.3 is 10.6 Å². The lowest BCUT2D eigenvalue weighted by Crippen LogP contribution is -2.51. The molecular formula is C17H28ClN3. The Kier molecular flexibility index (Phi) is 6.49. The highest BCUT2D eigenvalue weighted by Crippen LogP contribution is 2.27. The normalized spacial score (nSPS) is 20.4. The van der Waals surface area contributed by atoms with E-state index in [0.717, 1.165) is 37.6 Å². The van der Waals surface area contributed by atoms with Crippen molar-refractivity contribution in [2.45, 2.75) is 38.8 Å². The van der Waals surface area contributed by atoms with Crippen LogP contribution in [0.25, 0.3) is 0 Å². The smallest absolute Gasteiger partial charge is 0.0500 e. The van der Waals surface area contributed by atoms with Crippen LogP contribution in [0.1, 0.15) is 38.3 Å². The van der Waals surface area contributed by atoms with Gasteiger partial charge in [-0.15, -0.1) is 0 Å². The number of piperazine rings is 1. The summed E-state index contributed by atoms with van der Waals surface area (Å²) in [4.78, 5) is 5.09. The van der Waals surface area contributed by atoms with Crippen LogP contribution in [0.5, 0.6) is 0 Å². The van der Waals surface area contributed by atoms with Crippen LogP contribution < -0.4 is 5.73 Å². The Morgan fingerprint density at radius 1 is 1.10 bits per heavy atom. The molecule has 118 valence electrons. The molecule has 0 radical (unpaired) electrons. The maximum atomic E-state index is 6.42. The quantitative estimate of drug-likeness (QED) is 0.876. The summed E-state index contributed by atoms with van der Waals surface area (Å²) < 4.78 is 0. The molecule has 2 N–H and O–H groups in total. The van der Waals surface area contributed by atoms with E-state index in [2.05, 4.69) is 35.8 Å². The molecule has 4 heteroatoms. The lowest BCUT2D eigenvalue weighted by atomic mass is 9.95. The van der Waals surface area contributed by atoms with Gasteiger partial charge in [-0.1, -0.05) is 37.6 Å². The van der Waals surface area contributed by atoms with Crippen molar-refractivity contribution in [3.8, 4) is 0 Å². The zero-order valence-corrected chi connectivity index (χ0v) is 14.0. The van der Waals surface area contributed by atoms with Gasteiger partial charge in [-0.2, -0.15) is 0 Å². The van der Waals surface area contributed by atoms with Gasteiger partial charge in [0.2, 0.25) is 0 Å². The topological polar surface area (TPSA) is 32.5 Å². The highest BCUT2D eigenvalue weighted by molar-refractivity contribution is 6.30. The summed E-state index contributed by atoms with van der Waals surface area (Å²) in [6.07, 6.45) is 2.22. The standard InChI is InChI=1S/C17H28ClN3/c1-3-9-20-10-12-21(13-11-20)17(16(19)4-2)14-5-7-15(18)8-6-14/h5-8,16-17H,3-4,9-13,19H2,1-2H3. The molecule has 21 heavy (non-hydrogen) atoms. The molecule has 1 aromatic rings. The zero-order valence-electron chi connectivity index (χ0n) is 13.3. The molecule has 2 rings (SSSR count). The third-order valence-corrected chi connectivity index (χ3v) is 4.68. The van der Waals surface area contributed by atoms with Gasteiger partial charge in [0.1, 0.15) is 0 Å². The molecule has 1 saturated heterocycles. The summed E-state index contributed by atoms with van der Waals surface area (Å²) >= 11 is 6.02. The minimum atomic E-state index is 0.170. The van der Waals surface area contributed by atoms with Crippen LogP contribution in [-0.4, -0.2) is 48.6 Å². The van der Waals surface area contributed by atoms with Gasteiger partial charge in [0.05, 0.1) is 0 Å². The van der Waals surface area contributed by atoms with E-state index in [1.165, 1.54) is 18.5 Å². The SMILES string of the molecule is CCCN1CCN(C(c2ccc(Cl)cc2)C(N)CC)CC1. The average molecular weight is 310 g/mol. The molecule has 3 nitrogen and oxygen atoms in total. The van der Waals surface area contributed by atoms with Crippen LogP contribution in [-0.2, 0) is 0 Å². The van der Waals surface area contributed by atoms with Gasteiger partial charge in [-0.25, -0.2) is 0 Å². The first-order valence-electron chi connectivity index (χ1n) is 8.13. The molecule has 1 aliphatic heterocycles. The minimum Gasteiger partial charge on any atom is -0.326 e. The van der Waals surface area contributed by atoms with Crippen molar-refractivity contribution in [2.75, 3.05) is 32.7 Å². The van der Waals surface area contributed by atoms with Gasteiger partial charge in [0, 0.05) is 43.3 Å². The predicted molar refractivity (Wildman–Crippen MR) is 90.8 cm³/mol. The molecule has 0 saturated carbocycles. The van der Waals surface area contributed by atoms with Crippen molar-refractivity contribution in [3.05, 3.63) is 34.9 Å². The Bertz CT molecular complexity index is 413. The summed E-state index contributed by atoms with van der Waals surface area (Å²) in [5.74, 6) is 0. The Morgan fingerprint density at radius 3 is 2.24 bits per heavy atom. The van der Waals surface area contributed by atoms with Gasteiger partial charge in [-0.3, -0.25) is 4.90 Å². The minimum absolute atomic E-state index is 0.170. The molecule has 0 spiro atoms. The number of hydrogen-bond donors (Lipinski definition) is 1. The summed E-state index contributed by atoms with van der Waals surface area (Å²) in [5, 5.41) is 0.787. The first-order chi connectivity index (χ1) is 10.2. The van der Waals surface area contributed by atoms with Gasteiger partial charge in [0.25, 0.3) is 0 Å². The number of nitrogens with zero attached hydrogens (tertiary/aromatic N) is 2. The number of benzene rings is 1. The summed E-state index contributed by atoms with van der Waals surface area (Å²) in [5.41, 5.74) is 7.71. The van der Waals surface area contributed by atoms with E-state index in [4.69, 9.17) is 17.3 Å². The zero-order chi connectivity index (χ0) is 15.2. The molecule has 1 heterocycles. The van der Waals surface area contributed by atoms with Gasteiger partial charge in [-0.05, 0) is 37.1 Å².